The molecule has 1 aromatic carbocycles. The van der Waals surface area contributed by atoms with Crippen molar-refractivity contribution < 1.29 is 18.7 Å². The fourth-order valence-electron chi connectivity index (χ4n) is 2.50. The summed E-state index contributed by atoms with van der Waals surface area (Å²) in [5, 5.41) is 8.73. The van der Waals surface area contributed by atoms with Gasteiger partial charge in [-0.15, -0.1) is 0 Å². The molecule has 1 N–H and O–H groups in total. The van der Waals surface area contributed by atoms with Gasteiger partial charge in [0.1, 0.15) is 11.6 Å². The number of nitrogens with zero attached hydrogens (tertiary/aromatic N) is 1. The monoisotopic (exact) mass is 269 g/mol. The first kappa shape index (κ1) is 13.9. The number of piperidine rings is 1. The highest BCUT2D eigenvalue weighted by atomic mass is 19.1. The molecular weight excluding hydrogens is 252 g/mol. The van der Waals surface area contributed by atoms with Crippen LogP contribution in [0.25, 0.3) is 0 Å². The van der Waals surface area contributed by atoms with Crippen LogP contribution in [0.5, 0.6) is 0 Å². The minimum atomic E-state index is -0.769. The molecule has 0 spiro atoms. The number of halogens is 2. The highest BCUT2D eigenvalue weighted by Gasteiger charge is 2.21. The Labute approximate surface area is 110 Å². The Morgan fingerprint density at radius 1 is 1.32 bits per heavy atom. The lowest BCUT2D eigenvalue weighted by Crippen LogP contribution is -2.34. The lowest BCUT2D eigenvalue weighted by atomic mass is 9.93. The number of carbonyl (C=O) groups is 1. The van der Waals surface area contributed by atoms with E-state index in [0.717, 1.165) is 38.1 Å². The van der Waals surface area contributed by atoms with Gasteiger partial charge in [-0.2, -0.15) is 0 Å². The molecule has 0 radical (unpaired) electrons. The Bertz CT molecular complexity index is 457. The van der Waals surface area contributed by atoms with Gasteiger partial charge in [0, 0.05) is 18.5 Å². The third-order valence-corrected chi connectivity index (χ3v) is 3.57. The summed E-state index contributed by atoms with van der Waals surface area (Å²) in [4.78, 5) is 12.7. The van der Waals surface area contributed by atoms with Crippen LogP contribution in [0.4, 0.5) is 8.78 Å². The van der Waals surface area contributed by atoms with Gasteiger partial charge < -0.3 is 5.11 Å². The summed E-state index contributed by atoms with van der Waals surface area (Å²) in [5.41, 5.74) is 0.358. The van der Waals surface area contributed by atoms with Crippen LogP contribution in [0.2, 0.25) is 0 Å². The molecule has 0 unspecified atom stereocenters. The molecule has 104 valence electrons. The Morgan fingerprint density at radius 2 is 2.00 bits per heavy atom. The van der Waals surface area contributed by atoms with E-state index in [9.17, 15) is 13.6 Å². The average molecular weight is 269 g/mol. The molecule has 19 heavy (non-hydrogen) atoms. The van der Waals surface area contributed by atoms with Gasteiger partial charge in [-0.1, -0.05) is 0 Å². The van der Waals surface area contributed by atoms with E-state index >= 15 is 0 Å². The minimum Gasteiger partial charge on any atom is -0.481 e. The van der Waals surface area contributed by atoms with Crippen LogP contribution in [0.1, 0.15) is 24.8 Å². The maximum Gasteiger partial charge on any atom is 0.303 e. The van der Waals surface area contributed by atoms with Gasteiger partial charge in [0.25, 0.3) is 0 Å². The summed E-state index contributed by atoms with van der Waals surface area (Å²) < 4.78 is 26.6. The van der Waals surface area contributed by atoms with Crippen molar-refractivity contribution in [2.24, 2.45) is 5.92 Å². The number of benzene rings is 1. The first-order valence-corrected chi connectivity index (χ1v) is 6.42. The summed E-state index contributed by atoms with van der Waals surface area (Å²) in [6, 6.07) is 3.47. The van der Waals surface area contributed by atoms with Crippen molar-refractivity contribution in [1.82, 2.24) is 4.90 Å². The molecule has 5 heteroatoms. The Balaban J connectivity index is 1.88. The lowest BCUT2D eigenvalue weighted by Gasteiger charge is -2.31. The van der Waals surface area contributed by atoms with Gasteiger partial charge in [0.15, 0.2) is 0 Å². The number of hydrogen-bond acceptors (Lipinski definition) is 2. The van der Waals surface area contributed by atoms with Crippen LogP contribution < -0.4 is 0 Å². The van der Waals surface area contributed by atoms with Gasteiger partial charge in [-0.25, -0.2) is 8.78 Å². The van der Waals surface area contributed by atoms with Crippen LogP contribution in [0.15, 0.2) is 18.2 Å². The van der Waals surface area contributed by atoms with Gasteiger partial charge >= 0.3 is 5.97 Å². The SMILES string of the molecule is O=C(O)CC1CCN(Cc2cc(F)ccc2F)CC1. The second-order valence-corrected chi connectivity index (χ2v) is 5.05. The Morgan fingerprint density at radius 3 is 2.63 bits per heavy atom. The molecule has 0 saturated carbocycles. The molecule has 1 saturated heterocycles. The molecule has 3 nitrogen and oxygen atoms in total. The zero-order valence-electron chi connectivity index (χ0n) is 10.6. The second kappa shape index (κ2) is 6.10. The van der Waals surface area contributed by atoms with Crippen molar-refractivity contribution in [1.29, 1.82) is 0 Å². The van der Waals surface area contributed by atoms with Crippen LogP contribution in [-0.4, -0.2) is 29.1 Å². The molecule has 0 bridgehead atoms. The van der Waals surface area contributed by atoms with Crippen LogP contribution in [-0.2, 0) is 11.3 Å². The molecule has 1 heterocycles. The average Bonchev–Trinajstić information content (AvgIpc) is 2.35. The van der Waals surface area contributed by atoms with Crippen LogP contribution in [0, 0.1) is 17.6 Å². The quantitative estimate of drug-likeness (QED) is 0.913. The summed E-state index contributed by atoms with van der Waals surface area (Å²) in [5.74, 6) is -1.40. The molecule has 0 atom stereocenters. The molecule has 1 aliphatic rings. The minimum absolute atomic E-state index is 0.197. The highest BCUT2D eigenvalue weighted by molar-refractivity contribution is 5.67. The van der Waals surface area contributed by atoms with Crippen LogP contribution in [0.3, 0.4) is 0 Å². The predicted octanol–water partition coefficient (Wildman–Crippen LogP) is 2.65. The predicted molar refractivity (Wildman–Crippen MR) is 66.6 cm³/mol. The van der Waals surface area contributed by atoms with E-state index in [0.29, 0.717) is 12.1 Å². The topological polar surface area (TPSA) is 40.5 Å². The molecule has 2 rings (SSSR count). The molecule has 0 aromatic heterocycles. The van der Waals surface area contributed by atoms with Crippen LogP contribution >= 0.6 is 0 Å². The summed E-state index contributed by atoms with van der Waals surface area (Å²) >= 11 is 0. The molecule has 1 aliphatic heterocycles. The summed E-state index contributed by atoms with van der Waals surface area (Å²) in [6.07, 6.45) is 1.79. The number of aliphatic carboxylic acids is 1. The molecule has 0 aliphatic carbocycles. The second-order valence-electron chi connectivity index (χ2n) is 5.05. The number of carboxylic acids is 1. The summed E-state index contributed by atoms with van der Waals surface area (Å²) in [6.45, 7) is 1.84. The fourth-order valence-corrected chi connectivity index (χ4v) is 2.50. The third kappa shape index (κ3) is 3.99. The Kier molecular flexibility index (Phi) is 4.47. The van der Waals surface area contributed by atoms with Gasteiger partial charge in [-0.3, -0.25) is 9.69 Å². The lowest BCUT2D eigenvalue weighted by molar-refractivity contribution is -0.138. The number of carboxylic acid groups (broad SMARTS) is 1. The maximum atomic E-state index is 13.5. The molecular formula is C14H17F2NO2. The van der Waals surface area contributed by atoms with E-state index in [1.165, 1.54) is 6.07 Å². The van der Waals surface area contributed by atoms with Crippen molar-refractivity contribution in [3.63, 3.8) is 0 Å². The van der Waals surface area contributed by atoms with E-state index in [-0.39, 0.29) is 12.3 Å². The van der Waals surface area contributed by atoms with E-state index < -0.39 is 17.6 Å². The van der Waals surface area contributed by atoms with Crippen molar-refractivity contribution in [3.8, 4) is 0 Å². The van der Waals surface area contributed by atoms with E-state index in [2.05, 4.69) is 0 Å². The van der Waals surface area contributed by atoms with Gasteiger partial charge in [0.05, 0.1) is 0 Å². The largest absolute Gasteiger partial charge is 0.481 e. The fraction of sp³-hybridized carbons (Fsp3) is 0.500. The first-order chi connectivity index (χ1) is 9.04. The highest BCUT2D eigenvalue weighted by Crippen LogP contribution is 2.22. The number of rotatable bonds is 4. The maximum absolute atomic E-state index is 13.5. The summed E-state index contributed by atoms with van der Waals surface area (Å²) in [7, 11) is 0. The van der Waals surface area contributed by atoms with E-state index in [1.54, 1.807) is 0 Å². The Hall–Kier alpha value is -1.49. The van der Waals surface area contributed by atoms with E-state index in [1.807, 2.05) is 4.90 Å². The van der Waals surface area contributed by atoms with E-state index in [4.69, 9.17) is 5.11 Å². The molecule has 0 amide bonds. The molecule has 1 fully saturated rings. The van der Waals surface area contributed by atoms with Gasteiger partial charge in [-0.05, 0) is 50.0 Å². The zero-order valence-corrected chi connectivity index (χ0v) is 10.6. The van der Waals surface area contributed by atoms with Crippen molar-refractivity contribution in [2.45, 2.75) is 25.8 Å². The number of hydrogen-bond donors (Lipinski definition) is 1. The zero-order chi connectivity index (χ0) is 13.8. The third-order valence-electron chi connectivity index (χ3n) is 3.57. The van der Waals surface area contributed by atoms with Crippen molar-refractivity contribution in [3.05, 3.63) is 35.4 Å². The smallest absolute Gasteiger partial charge is 0.303 e. The normalized spacial score (nSPS) is 17.6. The van der Waals surface area contributed by atoms with Crippen molar-refractivity contribution >= 4 is 5.97 Å². The number of likely N-dealkylation sites (tertiary alicyclic amines) is 1. The first-order valence-electron chi connectivity index (χ1n) is 6.42. The van der Waals surface area contributed by atoms with Gasteiger partial charge in [0.2, 0.25) is 0 Å². The standard InChI is InChI=1S/C14H17F2NO2/c15-12-1-2-13(16)11(8-12)9-17-5-3-10(4-6-17)7-14(18)19/h1-2,8,10H,3-7,9H2,(H,18,19). The molecule has 1 aromatic rings. The van der Waals surface area contributed by atoms with Crippen molar-refractivity contribution in [2.75, 3.05) is 13.1 Å².